The summed E-state index contributed by atoms with van der Waals surface area (Å²) in [5.41, 5.74) is 0.769. The van der Waals surface area contributed by atoms with Crippen molar-refractivity contribution in [3.05, 3.63) is 29.3 Å². The normalized spacial score (nSPS) is 20.1. The van der Waals surface area contributed by atoms with Gasteiger partial charge in [0.1, 0.15) is 11.6 Å². The zero-order valence-corrected chi connectivity index (χ0v) is 9.33. The van der Waals surface area contributed by atoms with Crippen LogP contribution in [0.4, 0.5) is 8.78 Å². The van der Waals surface area contributed by atoms with Crippen LogP contribution in [0.5, 0.6) is 0 Å². The Labute approximate surface area is 92.3 Å². The zero-order valence-electron chi connectivity index (χ0n) is 8.52. The largest absolute Gasteiger partial charge is 0.310 e. The summed E-state index contributed by atoms with van der Waals surface area (Å²) in [4.78, 5) is 0.605. The number of hydrogen-bond donors (Lipinski definition) is 1. The van der Waals surface area contributed by atoms with Gasteiger partial charge in [-0.05, 0) is 30.3 Å². The molecule has 0 radical (unpaired) electrons. The van der Waals surface area contributed by atoms with Gasteiger partial charge in [0.15, 0.2) is 0 Å². The van der Waals surface area contributed by atoms with Crippen LogP contribution < -0.4 is 5.32 Å². The highest BCUT2D eigenvalue weighted by Gasteiger charge is 2.23. The van der Waals surface area contributed by atoms with Crippen molar-refractivity contribution in [2.45, 2.75) is 24.3 Å². The zero-order chi connectivity index (χ0) is 10.8. The molecular formula is C11H13F2NS. The molecule has 2 rings (SSSR count). The summed E-state index contributed by atoms with van der Waals surface area (Å²) >= 11 is 1.47. The average Bonchev–Trinajstić information content (AvgIpc) is 2.19. The minimum absolute atomic E-state index is 0.0939. The van der Waals surface area contributed by atoms with Gasteiger partial charge >= 0.3 is 0 Å². The van der Waals surface area contributed by atoms with Crippen LogP contribution in [0.25, 0.3) is 0 Å². The number of fused-ring (bicyclic) bond motifs is 1. The molecule has 1 heterocycles. The lowest BCUT2D eigenvalue weighted by Crippen LogP contribution is -2.24. The van der Waals surface area contributed by atoms with Gasteiger partial charge in [-0.15, -0.1) is 11.8 Å². The molecule has 1 atom stereocenters. The fourth-order valence-corrected chi connectivity index (χ4v) is 3.01. The number of benzene rings is 1. The quantitative estimate of drug-likeness (QED) is 0.836. The molecule has 1 unspecified atom stereocenters. The molecule has 0 amide bonds. The average molecular weight is 229 g/mol. The Morgan fingerprint density at radius 2 is 2.27 bits per heavy atom. The van der Waals surface area contributed by atoms with E-state index in [0.29, 0.717) is 4.90 Å². The molecule has 0 bridgehead atoms. The summed E-state index contributed by atoms with van der Waals surface area (Å²) in [5, 5.41) is 3.25. The first-order valence-corrected chi connectivity index (χ1v) is 6.06. The summed E-state index contributed by atoms with van der Waals surface area (Å²) in [6.07, 6.45) is 0.925. The molecule has 1 aromatic rings. The predicted octanol–water partition coefficient (Wildman–Crippen LogP) is 3.11. The molecule has 0 saturated heterocycles. The second-order valence-electron chi connectivity index (χ2n) is 3.55. The van der Waals surface area contributed by atoms with Gasteiger partial charge in [-0.25, -0.2) is 8.78 Å². The first-order valence-electron chi connectivity index (χ1n) is 5.07. The third-order valence-electron chi connectivity index (χ3n) is 2.52. The highest BCUT2D eigenvalue weighted by atomic mass is 32.2. The maximum absolute atomic E-state index is 13.5. The molecule has 1 nitrogen and oxygen atoms in total. The van der Waals surface area contributed by atoms with Gasteiger partial charge in [0, 0.05) is 17.0 Å². The van der Waals surface area contributed by atoms with Crippen molar-refractivity contribution in [1.82, 2.24) is 5.32 Å². The second kappa shape index (κ2) is 4.49. The third-order valence-corrected chi connectivity index (χ3v) is 3.68. The Kier molecular flexibility index (Phi) is 3.26. The van der Waals surface area contributed by atoms with E-state index in [1.165, 1.54) is 17.8 Å². The monoisotopic (exact) mass is 229 g/mol. The van der Waals surface area contributed by atoms with E-state index in [1.54, 1.807) is 0 Å². The van der Waals surface area contributed by atoms with Crippen LogP contribution in [0.15, 0.2) is 17.0 Å². The van der Waals surface area contributed by atoms with Gasteiger partial charge in [-0.3, -0.25) is 0 Å². The SMILES string of the molecule is CCNC1CCSc2c(F)cc(F)cc21. The van der Waals surface area contributed by atoms with Crippen molar-refractivity contribution in [3.8, 4) is 0 Å². The number of hydrogen-bond acceptors (Lipinski definition) is 2. The van der Waals surface area contributed by atoms with E-state index >= 15 is 0 Å². The molecule has 1 N–H and O–H groups in total. The molecule has 0 aliphatic carbocycles. The van der Waals surface area contributed by atoms with E-state index in [4.69, 9.17) is 0 Å². The van der Waals surface area contributed by atoms with E-state index in [2.05, 4.69) is 5.32 Å². The molecule has 0 spiro atoms. The number of thioether (sulfide) groups is 1. The summed E-state index contributed by atoms with van der Waals surface area (Å²) < 4.78 is 26.5. The summed E-state index contributed by atoms with van der Waals surface area (Å²) in [6, 6.07) is 2.49. The van der Waals surface area contributed by atoms with Crippen LogP contribution in [0, 0.1) is 11.6 Å². The Balaban J connectivity index is 2.41. The van der Waals surface area contributed by atoms with Crippen molar-refractivity contribution >= 4 is 11.8 Å². The van der Waals surface area contributed by atoms with Gasteiger partial charge < -0.3 is 5.32 Å². The van der Waals surface area contributed by atoms with Gasteiger partial charge in [-0.1, -0.05) is 6.92 Å². The molecule has 15 heavy (non-hydrogen) atoms. The first kappa shape index (κ1) is 10.9. The van der Waals surface area contributed by atoms with Crippen molar-refractivity contribution in [2.75, 3.05) is 12.3 Å². The molecule has 1 aromatic carbocycles. The lowest BCUT2D eigenvalue weighted by Gasteiger charge is -2.25. The Hall–Kier alpha value is -0.610. The Morgan fingerprint density at radius 1 is 1.47 bits per heavy atom. The van der Waals surface area contributed by atoms with Crippen LogP contribution in [0.3, 0.4) is 0 Å². The lowest BCUT2D eigenvalue weighted by atomic mass is 10.0. The Morgan fingerprint density at radius 3 is 3.00 bits per heavy atom. The summed E-state index contributed by atoms with van der Waals surface area (Å²) in [6.45, 7) is 2.81. The van der Waals surface area contributed by atoms with E-state index in [1.807, 2.05) is 6.92 Å². The van der Waals surface area contributed by atoms with Crippen LogP contribution >= 0.6 is 11.8 Å². The number of nitrogens with one attached hydrogen (secondary N) is 1. The molecular weight excluding hydrogens is 216 g/mol. The van der Waals surface area contributed by atoms with Crippen LogP contribution in [-0.4, -0.2) is 12.3 Å². The number of rotatable bonds is 2. The lowest BCUT2D eigenvalue weighted by molar-refractivity contribution is 0.497. The minimum Gasteiger partial charge on any atom is -0.310 e. The maximum Gasteiger partial charge on any atom is 0.140 e. The van der Waals surface area contributed by atoms with Crippen LogP contribution in [-0.2, 0) is 0 Å². The highest BCUT2D eigenvalue weighted by molar-refractivity contribution is 7.99. The topological polar surface area (TPSA) is 12.0 Å². The standard InChI is InChI=1S/C11H13F2NS/c1-2-14-10-3-4-15-11-8(10)5-7(12)6-9(11)13/h5-6,10,14H,2-4H2,1H3. The fourth-order valence-electron chi connectivity index (χ4n) is 1.88. The van der Waals surface area contributed by atoms with E-state index in [-0.39, 0.29) is 6.04 Å². The van der Waals surface area contributed by atoms with Gasteiger partial charge in [0.2, 0.25) is 0 Å². The van der Waals surface area contributed by atoms with Crippen molar-refractivity contribution < 1.29 is 8.78 Å². The second-order valence-corrected chi connectivity index (χ2v) is 4.66. The minimum atomic E-state index is -0.489. The van der Waals surface area contributed by atoms with Crippen LogP contribution in [0.2, 0.25) is 0 Å². The van der Waals surface area contributed by atoms with Crippen molar-refractivity contribution in [2.24, 2.45) is 0 Å². The van der Waals surface area contributed by atoms with E-state index in [9.17, 15) is 8.78 Å². The molecule has 0 aromatic heterocycles. The van der Waals surface area contributed by atoms with Gasteiger partial charge in [-0.2, -0.15) is 0 Å². The third kappa shape index (κ3) is 2.16. The Bertz CT molecular complexity index is 368. The highest BCUT2D eigenvalue weighted by Crippen LogP contribution is 2.38. The van der Waals surface area contributed by atoms with Crippen LogP contribution in [0.1, 0.15) is 24.9 Å². The maximum atomic E-state index is 13.5. The van der Waals surface area contributed by atoms with Crippen molar-refractivity contribution in [3.63, 3.8) is 0 Å². The van der Waals surface area contributed by atoms with E-state index in [0.717, 1.165) is 30.3 Å². The summed E-state index contributed by atoms with van der Waals surface area (Å²) in [5.74, 6) is -0.0398. The molecule has 0 fully saturated rings. The first-order chi connectivity index (χ1) is 7.22. The molecule has 1 aliphatic rings. The van der Waals surface area contributed by atoms with Gasteiger partial charge in [0.25, 0.3) is 0 Å². The van der Waals surface area contributed by atoms with E-state index < -0.39 is 11.6 Å². The van der Waals surface area contributed by atoms with Gasteiger partial charge in [0.05, 0.1) is 0 Å². The summed E-state index contributed by atoms with van der Waals surface area (Å²) in [7, 11) is 0. The molecule has 82 valence electrons. The molecule has 1 aliphatic heterocycles. The predicted molar refractivity (Wildman–Crippen MR) is 58.1 cm³/mol. The molecule has 4 heteroatoms. The van der Waals surface area contributed by atoms with Crippen molar-refractivity contribution in [1.29, 1.82) is 0 Å². The fraction of sp³-hybridized carbons (Fsp3) is 0.455. The number of halogens is 2. The smallest absolute Gasteiger partial charge is 0.140 e. The molecule has 0 saturated carbocycles.